The number of carbonyl (C=O) groups excluding carboxylic acids is 1. The number of rotatable bonds is 6. The maximum Gasteiger partial charge on any atom is 0.137 e. The largest absolute Gasteiger partial charge is 0.378 e. The van der Waals surface area contributed by atoms with E-state index >= 15 is 0 Å². The van der Waals surface area contributed by atoms with Crippen molar-refractivity contribution < 1.29 is 9.53 Å². The van der Waals surface area contributed by atoms with Gasteiger partial charge in [-0.15, -0.1) is 0 Å². The Hall–Kier alpha value is -0.670. The fourth-order valence-electron chi connectivity index (χ4n) is 2.32. The van der Waals surface area contributed by atoms with Gasteiger partial charge in [-0.25, -0.2) is 0 Å². The molecule has 1 fully saturated rings. The first-order valence-electron chi connectivity index (χ1n) is 6.62. The minimum absolute atomic E-state index is 0.329. The Labute approximate surface area is 117 Å². The van der Waals surface area contributed by atoms with Crippen LogP contribution in [0, 0.1) is 0 Å². The fourth-order valence-corrected chi connectivity index (χ4v) is 2.58. The molecule has 1 heterocycles. The van der Waals surface area contributed by atoms with Crippen LogP contribution in [0.2, 0.25) is 0 Å². The van der Waals surface area contributed by atoms with Crippen molar-refractivity contribution in [2.45, 2.75) is 44.6 Å². The van der Waals surface area contributed by atoms with Crippen molar-refractivity contribution in [3.8, 4) is 0 Å². The van der Waals surface area contributed by atoms with Crippen molar-refractivity contribution in [1.29, 1.82) is 0 Å². The Kier molecular flexibility index (Phi) is 5.39. The number of Topliss-reactive ketones (excluding diaryl/α,β-unsaturated/α-hetero) is 1. The lowest BCUT2D eigenvalue weighted by Gasteiger charge is -2.08. The molecule has 0 bridgehead atoms. The van der Waals surface area contributed by atoms with E-state index in [0.717, 1.165) is 29.5 Å². The number of hydrogen-bond donors (Lipinski definition) is 0. The fraction of sp³-hybridized carbons (Fsp3) is 0.533. The first kappa shape index (κ1) is 13.8. The summed E-state index contributed by atoms with van der Waals surface area (Å²) in [6.45, 7) is 0.900. The van der Waals surface area contributed by atoms with Crippen molar-refractivity contribution >= 4 is 21.7 Å². The molecule has 2 nitrogen and oxygen atoms in total. The zero-order valence-electron chi connectivity index (χ0n) is 10.5. The van der Waals surface area contributed by atoms with Crippen LogP contribution < -0.4 is 0 Å². The van der Waals surface area contributed by atoms with Gasteiger partial charge in [-0.1, -0.05) is 28.1 Å². The smallest absolute Gasteiger partial charge is 0.137 e. The molecule has 0 aromatic heterocycles. The van der Waals surface area contributed by atoms with E-state index in [9.17, 15) is 4.79 Å². The van der Waals surface area contributed by atoms with Gasteiger partial charge < -0.3 is 4.74 Å². The highest BCUT2D eigenvalue weighted by molar-refractivity contribution is 9.10. The molecule has 1 aromatic rings. The van der Waals surface area contributed by atoms with Crippen LogP contribution in [0.5, 0.6) is 0 Å². The van der Waals surface area contributed by atoms with Crippen molar-refractivity contribution in [1.82, 2.24) is 0 Å². The molecule has 98 valence electrons. The van der Waals surface area contributed by atoms with Crippen LogP contribution in [0.3, 0.4) is 0 Å². The Balaban J connectivity index is 1.66. The maximum atomic E-state index is 11.8. The van der Waals surface area contributed by atoms with Crippen molar-refractivity contribution in [3.63, 3.8) is 0 Å². The van der Waals surface area contributed by atoms with Crippen LogP contribution in [0.4, 0.5) is 0 Å². The van der Waals surface area contributed by atoms with E-state index in [1.165, 1.54) is 12.8 Å². The second kappa shape index (κ2) is 7.05. The van der Waals surface area contributed by atoms with E-state index in [4.69, 9.17) is 4.74 Å². The molecule has 0 saturated carbocycles. The lowest BCUT2D eigenvalue weighted by molar-refractivity contribution is -0.118. The second-order valence-electron chi connectivity index (χ2n) is 4.87. The average molecular weight is 311 g/mol. The zero-order valence-corrected chi connectivity index (χ0v) is 12.1. The van der Waals surface area contributed by atoms with Crippen LogP contribution >= 0.6 is 15.9 Å². The van der Waals surface area contributed by atoms with Crippen LogP contribution in [-0.4, -0.2) is 18.5 Å². The van der Waals surface area contributed by atoms with Gasteiger partial charge in [0, 0.05) is 23.9 Å². The van der Waals surface area contributed by atoms with Gasteiger partial charge in [0.25, 0.3) is 0 Å². The molecule has 0 spiro atoms. The minimum Gasteiger partial charge on any atom is -0.378 e. The minimum atomic E-state index is 0.329. The molecule has 0 aliphatic carbocycles. The number of ether oxygens (including phenoxy) is 1. The van der Waals surface area contributed by atoms with Crippen LogP contribution in [0.1, 0.15) is 37.7 Å². The molecule has 1 aliphatic rings. The molecule has 0 radical (unpaired) electrons. The van der Waals surface area contributed by atoms with Gasteiger partial charge >= 0.3 is 0 Å². The molecule has 1 unspecified atom stereocenters. The van der Waals surface area contributed by atoms with E-state index in [0.29, 0.717) is 24.7 Å². The first-order chi connectivity index (χ1) is 8.74. The number of ketones is 1. The SMILES string of the molecule is O=C(CCCC1CCCO1)Cc1ccc(Br)cc1. The summed E-state index contributed by atoms with van der Waals surface area (Å²) >= 11 is 3.39. The lowest BCUT2D eigenvalue weighted by atomic mass is 10.0. The monoisotopic (exact) mass is 310 g/mol. The van der Waals surface area contributed by atoms with Crippen LogP contribution in [0.15, 0.2) is 28.7 Å². The van der Waals surface area contributed by atoms with E-state index in [1.54, 1.807) is 0 Å². The van der Waals surface area contributed by atoms with Gasteiger partial charge in [-0.2, -0.15) is 0 Å². The van der Waals surface area contributed by atoms with E-state index in [-0.39, 0.29) is 0 Å². The normalized spacial score (nSPS) is 19.1. The highest BCUT2D eigenvalue weighted by Crippen LogP contribution is 2.18. The quantitative estimate of drug-likeness (QED) is 0.796. The average Bonchev–Trinajstić information content (AvgIpc) is 2.85. The first-order valence-corrected chi connectivity index (χ1v) is 7.41. The molecule has 18 heavy (non-hydrogen) atoms. The number of halogens is 1. The number of hydrogen-bond acceptors (Lipinski definition) is 2. The van der Waals surface area contributed by atoms with E-state index in [1.807, 2.05) is 24.3 Å². The van der Waals surface area contributed by atoms with E-state index < -0.39 is 0 Å². The van der Waals surface area contributed by atoms with Crippen molar-refractivity contribution in [3.05, 3.63) is 34.3 Å². The summed E-state index contributed by atoms with van der Waals surface area (Å²) < 4.78 is 6.60. The molecule has 0 N–H and O–H groups in total. The summed E-state index contributed by atoms with van der Waals surface area (Å²) in [5.41, 5.74) is 1.10. The molecule has 1 aliphatic heterocycles. The molecular formula is C15H19BrO2. The van der Waals surface area contributed by atoms with Gasteiger partial charge in [0.1, 0.15) is 5.78 Å². The molecule has 0 amide bonds. The Bertz CT molecular complexity index is 380. The third kappa shape index (κ3) is 4.54. The maximum absolute atomic E-state index is 11.8. The summed E-state index contributed by atoms with van der Waals surface area (Å²) in [4.78, 5) is 11.8. The number of benzene rings is 1. The third-order valence-electron chi connectivity index (χ3n) is 3.32. The molecule has 1 saturated heterocycles. The summed E-state index contributed by atoms with van der Waals surface area (Å²) in [5, 5.41) is 0. The van der Waals surface area contributed by atoms with Gasteiger partial charge in [0.05, 0.1) is 6.10 Å². The molecule has 2 rings (SSSR count). The summed E-state index contributed by atoms with van der Waals surface area (Å²) in [6, 6.07) is 7.97. The molecule has 1 atom stereocenters. The molecular weight excluding hydrogens is 292 g/mol. The second-order valence-corrected chi connectivity index (χ2v) is 5.78. The highest BCUT2D eigenvalue weighted by atomic mass is 79.9. The van der Waals surface area contributed by atoms with Gasteiger partial charge in [-0.05, 0) is 43.4 Å². The topological polar surface area (TPSA) is 26.3 Å². The Morgan fingerprint density at radius 1 is 1.33 bits per heavy atom. The van der Waals surface area contributed by atoms with E-state index in [2.05, 4.69) is 15.9 Å². The zero-order chi connectivity index (χ0) is 12.8. The molecule has 3 heteroatoms. The highest BCUT2D eigenvalue weighted by Gasteiger charge is 2.15. The molecule has 1 aromatic carbocycles. The Morgan fingerprint density at radius 3 is 2.78 bits per heavy atom. The standard InChI is InChI=1S/C15H19BrO2/c16-13-8-6-12(7-9-13)11-14(17)3-1-4-15-5-2-10-18-15/h6-9,15H,1-5,10-11H2. The predicted octanol–water partition coefficient (Wildman–Crippen LogP) is 3.91. The third-order valence-corrected chi connectivity index (χ3v) is 3.85. The number of carbonyl (C=O) groups is 1. The van der Waals surface area contributed by atoms with Crippen molar-refractivity contribution in [2.24, 2.45) is 0 Å². The van der Waals surface area contributed by atoms with Gasteiger partial charge in [-0.3, -0.25) is 4.79 Å². The lowest BCUT2D eigenvalue weighted by Crippen LogP contribution is -2.07. The summed E-state index contributed by atoms with van der Waals surface area (Å²) in [7, 11) is 0. The van der Waals surface area contributed by atoms with Crippen LogP contribution in [-0.2, 0) is 16.0 Å². The van der Waals surface area contributed by atoms with Crippen LogP contribution in [0.25, 0.3) is 0 Å². The summed E-state index contributed by atoms with van der Waals surface area (Å²) in [6.07, 6.45) is 5.98. The van der Waals surface area contributed by atoms with Gasteiger partial charge in [0.15, 0.2) is 0 Å². The van der Waals surface area contributed by atoms with Crippen molar-refractivity contribution in [2.75, 3.05) is 6.61 Å². The summed E-state index contributed by atoms with van der Waals surface area (Å²) in [5.74, 6) is 0.329. The predicted molar refractivity (Wildman–Crippen MR) is 75.7 cm³/mol. The Morgan fingerprint density at radius 2 is 2.11 bits per heavy atom. The van der Waals surface area contributed by atoms with Gasteiger partial charge in [0.2, 0.25) is 0 Å².